The first-order chi connectivity index (χ1) is 24.3. The third kappa shape index (κ3) is 10.5. The van der Waals surface area contributed by atoms with Crippen LogP contribution in [-0.4, -0.2) is 82.3 Å². The fourth-order valence-electron chi connectivity index (χ4n) is 11.9. The Morgan fingerprint density at radius 2 is 1.30 bits per heavy atom. The van der Waals surface area contributed by atoms with Crippen molar-refractivity contribution in [1.29, 1.82) is 0 Å². The van der Waals surface area contributed by atoms with E-state index in [1.165, 1.54) is 110 Å². The normalized spacial score (nSPS) is 35.9. The van der Waals surface area contributed by atoms with Gasteiger partial charge in [0, 0.05) is 25.2 Å². The second-order valence-corrected chi connectivity index (χ2v) is 17.9. The fraction of sp³-hybridized carbons (Fsp3) is 1.00. The van der Waals surface area contributed by atoms with E-state index in [-0.39, 0.29) is 5.41 Å². The van der Waals surface area contributed by atoms with Crippen LogP contribution in [0.15, 0.2) is 0 Å². The summed E-state index contributed by atoms with van der Waals surface area (Å²) in [6.07, 6.45) is 23.1. The van der Waals surface area contributed by atoms with Crippen molar-refractivity contribution < 1.29 is 14.2 Å². The lowest BCUT2D eigenvalue weighted by Crippen LogP contribution is -2.63. The van der Waals surface area contributed by atoms with Crippen molar-refractivity contribution in [3.63, 3.8) is 0 Å². The molecule has 0 spiro atoms. The summed E-state index contributed by atoms with van der Waals surface area (Å²) in [5.41, 5.74) is 18.3. The molecule has 294 valence electrons. The summed E-state index contributed by atoms with van der Waals surface area (Å²) in [7, 11) is 0. The number of hydrogen-bond acceptors (Lipinski definition) is 7. The molecule has 50 heavy (non-hydrogen) atoms. The summed E-state index contributed by atoms with van der Waals surface area (Å²) in [4.78, 5) is 2.79. The molecule has 5 unspecified atom stereocenters. The van der Waals surface area contributed by atoms with E-state index < -0.39 is 0 Å². The molecule has 0 aromatic rings. The topological polar surface area (TPSA) is 109 Å². The molecule has 0 amide bonds. The van der Waals surface area contributed by atoms with Crippen molar-refractivity contribution in [3.05, 3.63) is 0 Å². The van der Waals surface area contributed by atoms with Crippen LogP contribution in [0.1, 0.15) is 150 Å². The lowest BCUT2D eigenvalue weighted by Gasteiger charge is -2.65. The Balaban J connectivity index is 1.53. The van der Waals surface area contributed by atoms with Crippen LogP contribution in [0.3, 0.4) is 0 Å². The number of nitrogens with two attached hydrogens (primary N) is 3. The third-order valence-corrected chi connectivity index (χ3v) is 14.8. The first-order valence-electron chi connectivity index (χ1n) is 22.0. The van der Waals surface area contributed by atoms with Gasteiger partial charge in [0.15, 0.2) is 0 Å². The summed E-state index contributed by atoms with van der Waals surface area (Å²) >= 11 is 0. The van der Waals surface area contributed by atoms with E-state index in [4.69, 9.17) is 31.4 Å². The highest BCUT2D eigenvalue weighted by molar-refractivity contribution is 5.15. The molecule has 0 heterocycles. The van der Waals surface area contributed by atoms with Gasteiger partial charge in [-0.15, -0.1) is 0 Å². The van der Waals surface area contributed by atoms with Gasteiger partial charge in [-0.1, -0.05) is 60.3 Å². The zero-order valence-electron chi connectivity index (χ0n) is 33.7. The summed E-state index contributed by atoms with van der Waals surface area (Å²) in [5, 5.41) is 0. The standard InChI is InChI=1S/C43H84N4O3/c1-6-8-10-24-47(25-11-9-7-2)26-12-16-33(3)36-17-18-37-41-38(32-40(43(36,37)5)50-29-15-23-46)42(4)20-19-35(48-27-13-21-44)30-34(42)31-39(41)49-28-14-22-45/h33-41H,6-32,44-46H2,1-5H3/t33?,34?,35?,36?,37-,38-,39+,40-,41?,42-,43+/m0/s1. The molecule has 4 saturated carbocycles. The average Bonchev–Trinajstić information content (AvgIpc) is 3.47. The molecule has 0 aliphatic heterocycles. The molecule has 0 aromatic carbocycles. The fourth-order valence-corrected chi connectivity index (χ4v) is 11.9. The van der Waals surface area contributed by atoms with Crippen molar-refractivity contribution >= 4 is 0 Å². The van der Waals surface area contributed by atoms with Gasteiger partial charge in [0.05, 0.1) is 18.3 Å². The quantitative estimate of drug-likeness (QED) is 0.0823. The van der Waals surface area contributed by atoms with E-state index in [9.17, 15) is 0 Å². The smallest absolute Gasteiger partial charge is 0.0637 e. The number of ether oxygens (including phenoxy) is 3. The van der Waals surface area contributed by atoms with Crippen LogP contribution in [0.25, 0.3) is 0 Å². The van der Waals surface area contributed by atoms with Crippen LogP contribution in [0.5, 0.6) is 0 Å². The number of rotatable bonds is 25. The molecule has 4 aliphatic rings. The highest BCUT2D eigenvalue weighted by Gasteiger charge is 2.66. The Morgan fingerprint density at radius 1 is 0.680 bits per heavy atom. The second-order valence-electron chi connectivity index (χ2n) is 17.9. The number of unbranched alkanes of at least 4 members (excludes halogenated alkanes) is 4. The van der Waals surface area contributed by atoms with Gasteiger partial charge in [0.25, 0.3) is 0 Å². The maximum absolute atomic E-state index is 7.09. The van der Waals surface area contributed by atoms with E-state index >= 15 is 0 Å². The number of hydrogen-bond donors (Lipinski definition) is 3. The molecule has 11 atom stereocenters. The molecule has 4 aliphatic carbocycles. The Morgan fingerprint density at radius 3 is 1.94 bits per heavy atom. The molecule has 7 heteroatoms. The summed E-state index contributed by atoms with van der Waals surface area (Å²) in [6.45, 7) is 20.9. The zero-order valence-corrected chi connectivity index (χ0v) is 33.7. The van der Waals surface area contributed by atoms with Gasteiger partial charge in [0.2, 0.25) is 0 Å². The molecule has 4 rings (SSSR count). The molecular formula is C43H84N4O3. The Labute approximate surface area is 309 Å². The summed E-state index contributed by atoms with van der Waals surface area (Å²) in [6, 6.07) is 0. The van der Waals surface area contributed by atoms with Crippen molar-refractivity contribution in [3.8, 4) is 0 Å². The minimum Gasteiger partial charge on any atom is -0.378 e. The number of fused-ring (bicyclic) bond motifs is 5. The van der Waals surface area contributed by atoms with Crippen molar-refractivity contribution in [2.75, 3.05) is 59.1 Å². The van der Waals surface area contributed by atoms with Gasteiger partial charge >= 0.3 is 0 Å². The zero-order chi connectivity index (χ0) is 36.0. The highest BCUT2D eigenvalue weighted by atomic mass is 16.5. The maximum Gasteiger partial charge on any atom is 0.0637 e. The minimum atomic E-state index is 0.179. The average molecular weight is 705 g/mol. The minimum absolute atomic E-state index is 0.179. The van der Waals surface area contributed by atoms with Gasteiger partial charge in [-0.3, -0.25) is 0 Å². The molecule has 0 aromatic heterocycles. The summed E-state index contributed by atoms with van der Waals surface area (Å²) in [5.74, 6) is 3.92. The summed E-state index contributed by atoms with van der Waals surface area (Å²) < 4.78 is 20.5. The Bertz CT molecular complexity index is 915. The predicted molar refractivity (Wildman–Crippen MR) is 210 cm³/mol. The van der Waals surface area contributed by atoms with Crippen LogP contribution in [0.4, 0.5) is 0 Å². The van der Waals surface area contributed by atoms with Crippen LogP contribution in [-0.2, 0) is 14.2 Å². The molecule has 0 bridgehead atoms. The van der Waals surface area contributed by atoms with Crippen molar-refractivity contribution in [1.82, 2.24) is 4.90 Å². The van der Waals surface area contributed by atoms with Crippen LogP contribution in [0.2, 0.25) is 0 Å². The molecule has 0 saturated heterocycles. The molecule has 4 fully saturated rings. The largest absolute Gasteiger partial charge is 0.378 e. The van der Waals surface area contributed by atoms with Crippen LogP contribution < -0.4 is 17.2 Å². The first-order valence-corrected chi connectivity index (χ1v) is 22.0. The van der Waals surface area contributed by atoms with Crippen LogP contribution >= 0.6 is 0 Å². The molecule has 7 nitrogen and oxygen atoms in total. The highest BCUT2D eigenvalue weighted by Crippen LogP contribution is 2.69. The predicted octanol–water partition coefficient (Wildman–Crippen LogP) is 8.17. The van der Waals surface area contributed by atoms with Gasteiger partial charge < -0.3 is 36.3 Å². The van der Waals surface area contributed by atoms with E-state index in [1.807, 2.05) is 0 Å². The van der Waals surface area contributed by atoms with Crippen LogP contribution in [0, 0.1) is 46.3 Å². The maximum atomic E-state index is 7.09. The van der Waals surface area contributed by atoms with Gasteiger partial charge in [-0.2, -0.15) is 0 Å². The van der Waals surface area contributed by atoms with E-state index in [0.29, 0.717) is 78.9 Å². The lowest BCUT2D eigenvalue weighted by atomic mass is 9.43. The van der Waals surface area contributed by atoms with E-state index in [1.54, 1.807) is 0 Å². The first kappa shape index (κ1) is 42.5. The monoisotopic (exact) mass is 705 g/mol. The number of nitrogens with zero attached hydrogens (tertiary/aromatic N) is 1. The third-order valence-electron chi connectivity index (χ3n) is 14.8. The van der Waals surface area contributed by atoms with Crippen molar-refractivity contribution in [2.45, 2.75) is 169 Å². The second kappa shape index (κ2) is 21.6. The SMILES string of the molecule is CCCCCN(CCCCC)CCCC(C)C1CC[C@H]2C3[C@H](OCCCN)CC4CC(OCCCN)CC[C@]4(C)[C@H]3C[C@H](OCCCN)[C@]12C. The lowest BCUT2D eigenvalue weighted by molar-refractivity contribution is -0.227. The Kier molecular flexibility index (Phi) is 18.3. The molecule has 6 N–H and O–H groups in total. The Hall–Kier alpha value is -0.280. The van der Waals surface area contributed by atoms with E-state index in [0.717, 1.165) is 45.5 Å². The van der Waals surface area contributed by atoms with E-state index in [2.05, 4.69) is 39.5 Å². The van der Waals surface area contributed by atoms with Gasteiger partial charge in [-0.25, -0.2) is 0 Å². The molecule has 0 radical (unpaired) electrons. The van der Waals surface area contributed by atoms with Crippen molar-refractivity contribution in [2.24, 2.45) is 63.5 Å². The van der Waals surface area contributed by atoms with Gasteiger partial charge in [-0.05, 0) is 170 Å². The van der Waals surface area contributed by atoms with Gasteiger partial charge in [0.1, 0.15) is 0 Å². The molecular weight excluding hydrogens is 620 g/mol.